The van der Waals surface area contributed by atoms with Gasteiger partial charge in [-0.2, -0.15) is 0 Å². The molecule has 106 valence electrons. The van der Waals surface area contributed by atoms with Crippen LogP contribution in [0.25, 0.3) is 11.5 Å². The zero-order valence-corrected chi connectivity index (χ0v) is 11.9. The van der Waals surface area contributed by atoms with Gasteiger partial charge < -0.3 is 9.73 Å². The molecule has 2 unspecified atom stereocenters. The molecule has 1 N–H and O–H groups in total. The molecule has 2 aromatic rings. The van der Waals surface area contributed by atoms with Crippen molar-refractivity contribution < 1.29 is 4.42 Å². The van der Waals surface area contributed by atoms with Crippen LogP contribution in [-0.2, 0) is 6.54 Å². The summed E-state index contributed by atoms with van der Waals surface area (Å²) in [6, 6.07) is 10.5. The van der Waals surface area contributed by atoms with Crippen molar-refractivity contribution in [3.63, 3.8) is 0 Å². The number of nitrogens with zero attached hydrogens (tertiary/aromatic N) is 2. The summed E-state index contributed by atoms with van der Waals surface area (Å²) >= 11 is 0. The molecule has 0 amide bonds. The van der Waals surface area contributed by atoms with Crippen LogP contribution in [0.3, 0.4) is 0 Å². The molecule has 1 aliphatic carbocycles. The Morgan fingerprint density at radius 3 is 2.85 bits per heavy atom. The summed E-state index contributed by atoms with van der Waals surface area (Å²) in [7, 11) is 0. The van der Waals surface area contributed by atoms with Gasteiger partial charge >= 0.3 is 0 Å². The molecule has 0 radical (unpaired) electrons. The highest BCUT2D eigenvalue weighted by molar-refractivity contribution is 5.51. The van der Waals surface area contributed by atoms with Gasteiger partial charge in [0, 0.05) is 11.6 Å². The molecule has 1 aliphatic rings. The summed E-state index contributed by atoms with van der Waals surface area (Å²) in [5.41, 5.74) is 0.970. The summed E-state index contributed by atoms with van der Waals surface area (Å²) in [5.74, 6) is 2.09. The lowest BCUT2D eigenvalue weighted by Crippen LogP contribution is -2.33. The number of nitrogens with one attached hydrogen (secondary N) is 1. The molecule has 4 heteroatoms. The van der Waals surface area contributed by atoms with Gasteiger partial charge in [-0.3, -0.25) is 0 Å². The number of rotatable bonds is 4. The minimum atomic E-state index is 0.589. The Bertz CT molecular complexity index is 538. The third kappa shape index (κ3) is 3.25. The lowest BCUT2D eigenvalue weighted by Gasteiger charge is -2.27. The van der Waals surface area contributed by atoms with Crippen LogP contribution in [0.4, 0.5) is 0 Å². The van der Waals surface area contributed by atoms with E-state index >= 15 is 0 Å². The third-order valence-electron chi connectivity index (χ3n) is 3.97. The topological polar surface area (TPSA) is 51.0 Å². The molecule has 0 spiro atoms. The molecule has 1 aromatic carbocycles. The lowest BCUT2D eigenvalue weighted by molar-refractivity contribution is 0.292. The van der Waals surface area contributed by atoms with Crippen molar-refractivity contribution in [2.45, 2.75) is 45.2 Å². The van der Waals surface area contributed by atoms with Crippen LogP contribution >= 0.6 is 0 Å². The van der Waals surface area contributed by atoms with Gasteiger partial charge in [0.05, 0.1) is 6.54 Å². The maximum absolute atomic E-state index is 5.70. The second-order valence-electron chi connectivity index (χ2n) is 5.72. The van der Waals surface area contributed by atoms with Gasteiger partial charge in [0.15, 0.2) is 0 Å². The molecule has 2 atom stereocenters. The first kappa shape index (κ1) is 13.3. The summed E-state index contributed by atoms with van der Waals surface area (Å²) < 4.78 is 5.70. The first-order chi connectivity index (χ1) is 9.81. The Kier molecular flexibility index (Phi) is 4.11. The molecular weight excluding hydrogens is 250 g/mol. The molecule has 3 rings (SSSR count). The van der Waals surface area contributed by atoms with E-state index in [1.54, 1.807) is 0 Å². The van der Waals surface area contributed by atoms with E-state index in [9.17, 15) is 0 Å². The van der Waals surface area contributed by atoms with E-state index in [4.69, 9.17) is 4.42 Å². The molecule has 20 heavy (non-hydrogen) atoms. The van der Waals surface area contributed by atoms with Crippen LogP contribution in [0.1, 0.15) is 38.5 Å². The van der Waals surface area contributed by atoms with Crippen LogP contribution in [0, 0.1) is 5.92 Å². The average molecular weight is 271 g/mol. The van der Waals surface area contributed by atoms with Crippen molar-refractivity contribution in [1.82, 2.24) is 15.5 Å². The maximum atomic E-state index is 5.70. The van der Waals surface area contributed by atoms with E-state index < -0.39 is 0 Å². The second-order valence-corrected chi connectivity index (χ2v) is 5.72. The monoisotopic (exact) mass is 271 g/mol. The summed E-state index contributed by atoms with van der Waals surface area (Å²) in [5, 5.41) is 11.8. The second kappa shape index (κ2) is 6.18. The van der Waals surface area contributed by atoms with Gasteiger partial charge in [-0.25, -0.2) is 0 Å². The molecule has 4 nitrogen and oxygen atoms in total. The van der Waals surface area contributed by atoms with Crippen molar-refractivity contribution in [2.75, 3.05) is 0 Å². The van der Waals surface area contributed by atoms with Crippen LogP contribution in [0.2, 0.25) is 0 Å². The highest BCUT2D eigenvalue weighted by Gasteiger charge is 2.19. The number of hydrogen-bond acceptors (Lipinski definition) is 4. The SMILES string of the molecule is CC1CCCC(NCc2nnc(-c3ccccc3)o2)C1. The van der Waals surface area contributed by atoms with E-state index in [-0.39, 0.29) is 0 Å². The van der Waals surface area contributed by atoms with Crippen LogP contribution < -0.4 is 5.32 Å². The van der Waals surface area contributed by atoms with Crippen molar-refractivity contribution in [3.05, 3.63) is 36.2 Å². The molecule has 0 bridgehead atoms. The van der Waals surface area contributed by atoms with Crippen LogP contribution in [0.5, 0.6) is 0 Å². The summed E-state index contributed by atoms with van der Waals surface area (Å²) in [6.07, 6.45) is 5.18. The van der Waals surface area contributed by atoms with E-state index in [0.717, 1.165) is 11.5 Å². The average Bonchev–Trinajstić information content (AvgIpc) is 2.95. The fourth-order valence-corrected chi connectivity index (χ4v) is 2.87. The molecular formula is C16H21N3O. The van der Waals surface area contributed by atoms with Crippen molar-refractivity contribution in [3.8, 4) is 11.5 Å². The highest BCUT2D eigenvalue weighted by atomic mass is 16.4. The zero-order valence-electron chi connectivity index (χ0n) is 11.9. The number of benzene rings is 1. The Balaban J connectivity index is 1.58. The standard InChI is InChI=1S/C16H21N3O/c1-12-6-5-9-14(10-12)17-11-15-18-19-16(20-15)13-7-3-2-4-8-13/h2-4,7-8,12,14,17H,5-6,9-11H2,1H3. The van der Waals surface area contributed by atoms with E-state index in [1.807, 2.05) is 30.3 Å². The maximum Gasteiger partial charge on any atom is 0.247 e. The Morgan fingerprint density at radius 1 is 1.20 bits per heavy atom. The normalized spacial score (nSPS) is 22.9. The van der Waals surface area contributed by atoms with Gasteiger partial charge in [-0.05, 0) is 30.9 Å². The molecule has 0 saturated heterocycles. The lowest BCUT2D eigenvalue weighted by atomic mass is 9.87. The van der Waals surface area contributed by atoms with E-state index in [0.29, 0.717) is 24.4 Å². The smallest absolute Gasteiger partial charge is 0.247 e. The number of hydrogen-bond donors (Lipinski definition) is 1. The number of aromatic nitrogens is 2. The van der Waals surface area contributed by atoms with Crippen LogP contribution in [0.15, 0.2) is 34.7 Å². The molecule has 1 fully saturated rings. The van der Waals surface area contributed by atoms with Gasteiger partial charge in [0.25, 0.3) is 0 Å². The van der Waals surface area contributed by atoms with Gasteiger partial charge in [-0.15, -0.1) is 10.2 Å². The van der Waals surface area contributed by atoms with Gasteiger partial charge in [0.1, 0.15) is 0 Å². The van der Waals surface area contributed by atoms with E-state index in [2.05, 4.69) is 22.4 Å². The predicted molar refractivity (Wildman–Crippen MR) is 78.0 cm³/mol. The van der Waals surface area contributed by atoms with Crippen molar-refractivity contribution in [2.24, 2.45) is 5.92 Å². The molecule has 1 heterocycles. The summed E-state index contributed by atoms with van der Waals surface area (Å²) in [4.78, 5) is 0. The first-order valence-electron chi connectivity index (χ1n) is 7.42. The largest absolute Gasteiger partial charge is 0.419 e. The Hall–Kier alpha value is -1.68. The van der Waals surface area contributed by atoms with Crippen LogP contribution in [-0.4, -0.2) is 16.2 Å². The quantitative estimate of drug-likeness (QED) is 0.926. The third-order valence-corrected chi connectivity index (χ3v) is 3.97. The highest BCUT2D eigenvalue weighted by Crippen LogP contribution is 2.24. The fraction of sp³-hybridized carbons (Fsp3) is 0.500. The molecule has 0 aliphatic heterocycles. The van der Waals surface area contributed by atoms with Crippen molar-refractivity contribution in [1.29, 1.82) is 0 Å². The first-order valence-corrected chi connectivity index (χ1v) is 7.42. The summed E-state index contributed by atoms with van der Waals surface area (Å²) in [6.45, 7) is 2.99. The van der Waals surface area contributed by atoms with Crippen molar-refractivity contribution >= 4 is 0 Å². The molecule has 1 saturated carbocycles. The van der Waals surface area contributed by atoms with Gasteiger partial charge in [-0.1, -0.05) is 38.0 Å². The Labute approximate surface area is 119 Å². The van der Waals surface area contributed by atoms with Gasteiger partial charge in [0.2, 0.25) is 11.8 Å². The molecule has 1 aromatic heterocycles. The zero-order chi connectivity index (χ0) is 13.8. The minimum Gasteiger partial charge on any atom is -0.419 e. The Morgan fingerprint density at radius 2 is 2.05 bits per heavy atom. The van der Waals surface area contributed by atoms with E-state index in [1.165, 1.54) is 25.7 Å². The fourth-order valence-electron chi connectivity index (χ4n) is 2.87. The minimum absolute atomic E-state index is 0.589. The predicted octanol–water partition coefficient (Wildman–Crippen LogP) is 3.40.